The number of benzene rings is 2. The Morgan fingerprint density at radius 1 is 1.08 bits per heavy atom. The Kier molecular flexibility index (Phi) is 3.98. The fraction of sp³-hybridized carbons (Fsp3) is 0.0556. The predicted octanol–water partition coefficient (Wildman–Crippen LogP) is 2.71. The van der Waals surface area contributed by atoms with Crippen LogP contribution in [0.5, 0.6) is 0 Å². The number of hydrogen-bond acceptors (Lipinski definition) is 6. The third-order valence-electron chi connectivity index (χ3n) is 3.99. The molecule has 0 fully saturated rings. The lowest BCUT2D eigenvalue weighted by molar-refractivity contribution is 0.102. The van der Waals surface area contributed by atoms with Crippen LogP contribution in [0, 0.1) is 0 Å². The Hall–Kier alpha value is -3.81. The average Bonchev–Trinajstić information content (AvgIpc) is 3.22. The summed E-state index contributed by atoms with van der Waals surface area (Å²) in [6, 6.07) is 12.7. The van der Waals surface area contributed by atoms with Gasteiger partial charge >= 0.3 is 0 Å². The Balaban J connectivity index is 1.55. The van der Waals surface area contributed by atoms with Crippen molar-refractivity contribution in [1.82, 2.24) is 25.4 Å². The molecule has 26 heavy (non-hydrogen) atoms. The van der Waals surface area contributed by atoms with Crippen molar-refractivity contribution < 1.29 is 4.79 Å². The first-order valence-electron chi connectivity index (χ1n) is 7.94. The first kappa shape index (κ1) is 15.7. The number of nitrogens with zero attached hydrogens (tertiary/aromatic N) is 4. The first-order chi connectivity index (χ1) is 12.7. The van der Waals surface area contributed by atoms with Crippen LogP contribution >= 0.6 is 0 Å². The predicted molar refractivity (Wildman–Crippen MR) is 98.9 cm³/mol. The molecule has 4 aromatic rings. The average molecular weight is 345 g/mol. The van der Waals surface area contributed by atoms with E-state index in [1.54, 1.807) is 25.4 Å². The summed E-state index contributed by atoms with van der Waals surface area (Å²) in [7, 11) is 1.80. The lowest BCUT2D eigenvalue weighted by Crippen LogP contribution is -2.12. The summed E-state index contributed by atoms with van der Waals surface area (Å²) in [6.45, 7) is 0. The second-order valence-corrected chi connectivity index (χ2v) is 5.59. The van der Waals surface area contributed by atoms with Gasteiger partial charge in [0.05, 0.1) is 11.7 Å². The topological polar surface area (TPSA) is 108 Å². The standard InChI is InChI=1S/C18H15N7O/c1-19-17-14-7-4-12(8-15(14)20-10-21-17)18(26)23-13-5-2-11(3-6-13)16-9-22-25-24-16/h2-10H,1H3,(H,23,26)(H,19,20,21)(H,22,24,25). The summed E-state index contributed by atoms with van der Waals surface area (Å²) < 4.78 is 0. The zero-order valence-electron chi connectivity index (χ0n) is 13.9. The highest BCUT2D eigenvalue weighted by molar-refractivity contribution is 6.06. The maximum atomic E-state index is 12.5. The minimum atomic E-state index is -0.203. The van der Waals surface area contributed by atoms with E-state index in [0.717, 1.165) is 22.5 Å². The number of rotatable bonds is 4. The van der Waals surface area contributed by atoms with Crippen LogP contribution in [-0.2, 0) is 0 Å². The Morgan fingerprint density at radius 3 is 2.65 bits per heavy atom. The largest absolute Gasteiger partial charge is 0.373 e. The molecule has 2 aromatic heterocycles. The first-order valence-corrected chi connectivity index (χ1v) is 7.94. The molecule has 2 heterocycles. The Morgan fingerprint density at radius 2 is 1.92 bits per heavy atom. The highest BCUT2D eigenvalue weighted by Crippen LogP contribution is 2.22. The van der Waals surface area contributed by atoms with Crippen molar-refractivity contribution >= 4 is 28.3 Å². The van der Waals surface area contributed by atoms with Crippen LogP contribution in [0.15, 0.2) is 55.0 Å². The van der Waals surface area contributed by atoms with E-state index in [2.05, 4.69) is 36.0 Å². The molecule has 0 saturated heterocycles. The number of nitrogens with one attached hydrogen (secondary N) is 3. The minimum Gasteiger partial charge on any atom is -0.373 e. The van der Waals surface area contributed by atoms with Gasteiger partial charge in [-0.05, 0) is 30.3 Å². The van der Waals surface area contributed by atoms with Crippen molar-refractivity contribution in [1.29, 1.82) is 0 Å². The zero-order chi connectivity index (χ0) is 17.9. The molecule has 0 radical (unpaired) electrons. The lowest BCUT2D eigenvalue weighted by Gasteiger charge is -2.08. The van der Waals surface area contributed by atoms with Gasteiger partial charge in [-0.2, -0.15) is 15.4 Å². The quantitative estimate of drug-likeness (QED) is 0.525. The van der Waals surface area contributed by atoms with Crippen molar-refractivity contribution in [3.05, 3.63) is 60.6 Å². The molecule has 128 valence electrons. The number of amides is 1. The van der Waals surface area contributed by atoms with Crippen molar-refractivity contribution in [3.8, 4) is 11.3 Å². The van der Waals surface area contributed by atoms with Crippen LogP contribution in [0.1, 0.15) is 10.4 Å². The van der Waals surface area contributed by atoms with Gasteiger partial charge in [-0.1, -0.05) is 12.1 Å². The number of aromatic amines is 1. The second-order valence-electron chi connectivity index (χ2n) is 5.59. The molecule has 0 atom stereocenters. The molecule has 0 spiro atoms. The normalized spacial score (nSPS) is 10.7. The number of hydrogen-bond donors (Lipinski definition) is 3. The van der Waals surface area contributed by atoms with Crippen molar-refractivity contribution in [2.75, 3.05) is 17.7 Å². The number of anilines is 2. The molecule has 8 nitrogen and oxygen atoms in total. The Bertz CT molecular complexity index is 1060. The van der Waals surface area contributed by atoms with E-state index in [1.807, 2.05) is 30.3 Å². The maximum absolute atomic E-state index is 12.5. The summed E-state index contributed by atoms with van der Waals surface area (Å²) in [6.07, 6.45) is 3.11. The molecule has 0 saturated carbocycles. The van der Waals surface area contributed by atoms with E-state index in [-0.39, 0.29) is 5.91 Å². The maximum Gasteiger partial charge on any atom is 0.255 e. The Labute approximate surface area is 148 Å². The monoisotopic (exact) mass is 345 g/mol. The number of fused-ring (bicyclic) bond motifs is 1. The molecule has 4 rings (SSSR count). The van der Waals surface area contributed by atoms with Gasteiger partial charge in [-0.25, -0.2) is 9.97 Å². The van der Waals surface area contributed by atoms with Gasteiger partial charge in [-0.15, -0.1) is 0 Å². The molecule has 0 aliphatic heterocycles. The fourth-order valence-corrected chi connectivity index (χ4v) is 2.67. The number of carbonyl (C=O) groups excluding carboxylic acids is 1. The molecule has 1 amide bonds. The fourth-order valence-electron chi connectivity index (χ4n) is 2.67. The van der Waals surface area contributed by atoms with Crippen molar-refractivity contribution in [3.63, 3.8) is 0 Å². The number of carbonyl (C=O) groups is 1. The molecule has 2 aromatic carbocycles. The van der Waals surface area contributed by atoms with Crippen molar-refractivity contribution in [2.45, 2.75) is 0 Å². The molecule has 3 N–H and O–H groups in total. The summed E-state index contributed by atoms with van der Waals surface area (Å²) in [4.78, 5) is 20.9. The molecule has 0 bridgehead atoms. The molecule has 0 aliphatic carbocycles. The molecule has 0 aliphatic rings. The van der Waals surface area contributed by atoms with E-state index >= 15 is 0 Å². The third kappa shape index (κ3) is 2.95. The SMILES string of the molecule is CNc1ncnc2cc(C(=O)Nc3ccc(-c4cn[nH]n4)cc3)ccc12. The van der Waals surface area contributed by atoms with Crippen LogP contribution in [0.4, 0.5) is 11.5 Å². The zero-order valence-corrected chi connectivity index (χ0v) is 13.9. The van der Waals surface area contributed by atoms with Crippen molar-refractivity contribution in [2.24, 2.45) is 0 Å². The van der Waals surface area contributed by atoms with Gasteiger partial charge in [0.25, 0.3) is 5.91 Å². The highest BCUT2D eigenvalue weighted by atomic mass is 16.1. The molecular weight excluding hydrogens is 330 g/mol. The smallest absolute Gasteiger partial charge is 0.255 e. The van der Waals surface area contributed by atoms with Crippen LogP contribution in [0.25, 0.3) is 22.2 Å². The number of H-pyrrole nitrogens is 1. The van der Waals surface area contributed by atoms with E-state index in [0.29, 0.717) is 16.8 Å². The van der Waals surface area contributed by atoms with Gasteiger partial charge in [0.15, 0.2) is 0 Å². The van der Waals surface area contributed by atoms with Gasteiger partial charge in [0.2, 0.25) is 0 Å². The van der Waals surface area contributed by atoms with E-state index in [1.165, 1.54) is 6.33 Å². The van der Waals surface area contributed by atoms with Gasteiger partial charge in [-0.3, -0.25) is 4.79 Å². The number of aromatic nitrogens is 5. The van der Waals surface area contributed by atoms with Crippen LogP contribution in [0.3, 0.4) is 0 Å². The summed E-state index contributed by atoms with van der Waals surface area (Å²) in [5, 5.41) is 17.1. The van der Waals surface area contributed by atoms with E-state index in [9.17, 15) is 4.79 Å². The molecule has 8 heteroatoms. The summed E-state index contributed by atoms with van der Waals surface area (Å²) >= 11 is 0. The summed E-state index contributed by atoms with van der Waals surface area (Å²) in [5.41, 5.74) is 3.59. The lowest BCUT2D eigenvalue weighted by atomic mass is 10.1. The van der Waals surface area contributed by atoms with E-state index < -0.39 is 0 Å². The van der Waals surface area contributed by atoms with Crippen LogP contribution in [0.2, 0.25) is 0 Å². The molecule has 0 unspecified atom stereocenters. The van der Waals surface area contributed by atoms with Crippen LogP contribution < -0.4 is 10.6 Å². The highest BCUT2D eigenvalue weighted by Gasteiger charge is 2.10. The minimum absolute atomic E-state index is 0.203. The second kappa shape index (κ2) is 6.60. The van der Waals surface area contributed by atoms with Crippen LogP contribution in [-0.4, -0.2) is 38.3 Å². The van der Waals surface area contributed by atoms with Gasteiger partial charge in [0, 0.05) is 29.2 Å². The van der Waals surface area contributed by atoms with Gasteiger partial charge < -0.3 is 10.6 Å². The summed E-state index contributed by atoms with van der Waals surface area (Å²) in [5.74, 6) is 0.524. The van der Waals surface area contributed by atoms with E-state index in [4.69, 9.17) is 0 Å². The van der Waals surface area contributed by atoms with Gasteiger partial charge in [0.1, 0.15) is 17.8 Å². The molecular formula is C18H15N7O. The third-order valence-corrected chi connectivity index (χ3v) is 3.99.